The molecule has 0 bridgehead atoms. The van der Waals surface area contributed by atoms with Crippen molar-refractivity contribution >= 4 is 17.6 Å². The largest absolute Gasteiger partial charge is 0.462 e. The third-order valence-corrected chi connectivity index (χ3v) is 5.55. The standard InChI is InChI=1S/C27H32N2O7/c1-15(2)13-34-26(30)23-17(5)28-18(6)24(27(31)35-14-16(3)4)25(23)22-11-10-21(36-22)19-8-7-9-20(12-19)29(32)33/h7-12,15-16,25,28H,13-14H2,1-6H3. The molecule has 0 saturated carbocycles. The minimum Gasteiger partial charge on any atom is -0.462 e. The van der Waals surface area contributed by atoms with Gasteiger partial charge >= 0.3 is 11.9 Å². The maximum atomic E-state index is 13.2. The third-order valence-electron chi connectivity index (χ3n) is 5.55. The van der Waals surface area contributed by atoms with E-state index in [4.69, 9.17) is 13.9 Å². The average Bonchev–Trinajstić information content (AvgIpc) is 3.30. The maximum Gasteiger partial charge on any atom is 0.336 e. The van der Waals surface area contributed by atoms with Crippen LogP contribution >= 0.6 is 0 Å². The number of ether oxygens (including phenoxy) is 2. The fraction of sp³-hybridized carbons (Fsp3) is 0.407. The van der Waals surface area contributed by atoms with Gasteiger partial charge in [0.15, 0.2) is 0 Å². The van der Waals surface area contributed by atoms with Crippen molar-refractivity contribution in [2.45, 2.75) is 47.5 Å². The van der Waals surface area contributed by atoms with Gasteiger partial charge in [0.2, 0.25) is 0 Å². The molecule has 3 rings (SSSR count). The number of nitro groups is 1. The topological polar surface area (TPSA) is 121 Å². The molecule has 0 amide bonds. The predicted octanol–water partition coefficient (Wildman–Crippen LogP) is 5.49. The van der Waals surface area contributed by atoms with Crippen molar-refractivity contribution in [3.8, 4) is 11.3 Å². The van der Waals surface area contributed by atoms with Crippen molar-refractivity contribution in [2.24, 2.45) is 11.8 Å². The van der Waals surface area contributed by atoms with E-state index >= 15 is 0 Å². The summed E-state index contributed by atoms with van der Waals surface area (Å²) in [5.74, 6) is -1.05. The van der Waals surface area contributed by atoms with Crippen LogP contribution in [0.25, 0.3) is 11.3 Å². The van der Waals surface area contributed by atoms with E-state index in [9.17, 15) is 19.7 Å². The first-order valence-electron chi connectivity index (χ1n) is 11.9. The second kappa shape index (κ2) is 11.2. The smallest absolute Gasteiger partial charge is 0.336 e. The number of hydrogen-bond acceptors (Lipinski definition) is 8. The van der Waals surface area contributed by atoms with Gasteiger partial charge in [-0.15, -0.1) is 0 Å². The summed E-state index contributed by atoms with van der Waals surface area (Å²) in [5, 5.41) is 14.3. The van der Waals surface area contributed by atoms with E-state index in [0.29, 0.717) is 28.5 Å². The van der Waals surface area contributed by atoms with Crippen LogP contribution in [-0.2, 0) is 19.1 Å². The lowest BCUT2D eigenvalue weighted by Crippen LogP contribution is -2.33. The van der Waals surface area contributed by atoms with E-state index in [1.54, 1.807) is 38.1 Å². The zero-order chi connectivity index (χ0) is 26.6. The molecule has 2 heterocycles. The van der Waals surface area contributed by atoms with E-state index in [1.807, 2.05) is 27.7 Å². The zero-order valence-corrected chi connectivity index (χ0v) is 21.4. The summed E-state index contributed by atoms with van der Waals surface area (Å²) >= 11 is 0. The number of benzene rings is 1. The highest BCUT2D eigenvalue weighted by atomic mass is 16.6. The van der Waals surface area contributed by atoms with Gasteiger partial charge in [-0.1, -0.05) is 39.8 Å². The molecule has 0 fully saturated rings. The Balaban J connectivity index is 2.08. The quantitative estimate of drug-likeness (QED) is 0.275. The van der Waals surface area contributed by atoms with E-state index < -0.39 is 22.8 Å². The highest BCUT2D eigenvalue weighted by Gasteiger charge is 2.40. The number of dihydropyridines is 1. The van der Waals surface area contributed by atoms with E-state index in [-0.39, 0.29) is 41.9 Å². The van der Waals surface area contributed by atoms with Gasteiger partial charge in [0.1, 0.15) is 11.5 Å². The predicted molar refractivity (Wildman–Crippen MR) is 134 cm³/mol. The lowest BCUT2D eigenvalue weighted by atomic mass is 9.83. The molecule has 0 unspecified atom stereocenters. The Kier molecular flexibility index (Phi) is 8.34. The number of nitrogens with zero attached hydrogens (tertiary/aromatic N) is 1. The molecule has 1 aromatic carbocycles. The van der Waals surface area contributed by atoms with Gasteiger partial charge in [0, 0.05) is 29.1 Å². The molecule has 1 N–H and O–H groups in total. The molecule has 9 heteroatoms. The molecule has 0 spiro atoms. The minimum atomic E-state index is -0.877. The Morgan fingerprint density at radius 1 is 0.972 bits per heavy atom. The number of esters is 2. The van der Waals surface area contributed by atoms with Crippen molar-refractivity contribution < 1.29 is 28.4 Å². The van der Waals surface area contributed by atoms with Crippen LogP contribution in [0.3, 0.4) is 0 Å². The summed E-state index contributed by atoms with van der Waals surface area (Å²) in [7, 11) is 0. The number of nitrogens with one attached hydrogen (secondary N) is 1. The SMILES string of the molecule is CC1=C(C(=O)OCC(C)C)C(c2ccc(-c3cccc([N+](=O)[O-])c3)o2)C(C(=O)OCC(C)C)=C(C)N1. The molecule has 0 atom stereocenters. The van der Waals surface area contributed by atoms with Gasteiger partial charge in [-0.25, -0.2) is 9.59 Å². The Labute approximate surface area is 210 Å². The number of rotatable bonds is 9. The normalized spacial score (nSPS) is 14.3. The number of hydrogen-bond donors (Lipinski definition) is 1. The molecule has 0 saturated heterocycles. The van der Waals surface area contributed by atoms with Crippen molar-refractivity contribution in [1.82, 2.24) is 5.32 Å². The number of allylic oxidation sites excluding steroid dienone is 2. The average molecular weight is 497 g/mol. The van der Waals surface area contributed by atoms with Gasteiger partial charge in [0.05, 0.1) is 35.2 Å². The summed E-state index contributed by atoms with van der Waals surface area (Å²) in [5.41, 5.74) is 2.00. The van der Waals surface area contributed by atoms with Crippen LogP contribution in [0.15, 0.2) is 63.4 Å². The fourth-order valence-corrected chi connectivity index (χ4v) is 3.90. The van der Waals surface area contributed by atoms with Crippen molar-refractivity contribution in [1.29, 1.82) is 0 Å². The van der Waals surface area contributed by atoms with Crippen molar-refractivity contribution in [2.75, 3.05) is 13.2 Å². The maximum absolute atomic E-state index is 13.2. The Hall–Kier alpha value is -3.88. The molecule has 192 valence electrons. The van der Waals surface area contributed by atoms with Crippen LogP contribution in [0.1, 0.15) is 53.2 Å². The zero-order valence-electron chi connectivity index (χ0n) is 21.4. The summed E-state index contributed by atoms with van der Waals surface area (Å²) < 4.78 is 17.2. The first-order chi connectivity index (χ1) is 17.0. The summed E-state index contributed by atoms with van der Waals surface area (Å²) in [6, 6.07) is 9.38. The molecule has 0 aliphatic carbocycles. The lowest BCUT2D eigenvalue weighted by molar-refractivity contribution is -0.384. The van der Waals surface area contributed by atoms with Crippen LogP contribution in [0.2, 0.25) is 0 Å². The summed E-state index contributed by atoms with van der Waals surface area (Å²) in [6.07, 6.45) is 0. The fourth-order valence-electron chi connectivity index (χ4n) is 3.90. The minimum absolute atomic E-state index is 0.0744. The van der Waals surface area contributed by atoms with Gasteiger partial charge in [-0.2, -0.15) is 0 Å². The Bertz CT molecular complexity index is 1170. The summed E-state index contributed by atoms with van der Waals surface area (Å²) in [4.78, 5) is 37.2. The van der Waals surface area contributed by atoms with Gasteiger partial charge in [-0.3, -0.25) is 10.1 Å². The molecule has 36 heavy (non-hydrogen) atoms. The first kappa shape index (κ1) is 26.7. The van der Waals surface area contributed by atoms with Crippen LogP contribution < -0.4 is 5.32 Å². The number of carbonyl (C=O) groups excluding carboxylic acids is 2. The lowest BCUT2D eigenvalue weighted by Gasteiger charge is -2.29. The number of nitro benzene ring substituents is 1. The molecule has 0 radical (unpaired) electrons. The van der Waals surface area contributed by atoms with Crippen molar-refractivity contribution in [3.63, 3.8) is 0 Å². The second-order valence-corrected chi connectivity index (χ2v) is 9.63. The van der Waals surface area contributed by atoms with Gasteiger partial charge < -0.3 is 19.2 Å². The molecule has 1 aromatic heterocycles. The molecular formula is C27H32N2O7. The van der Waals surface area contributed by atoms with Gasteiger partial charge in [-0.05, 0) is 37.8 Å². The van der Waals surface area contributed by atoms with E-state index in [2.05, 4.69) is 5.32 Å². The monoisotopic (exact) mass is 496 g/mol. The van der Waals surface area contributed by atoms with Crippen LogP contribution in [0, 0.1) is 22.0 Å². The second-order valence-electron chi connectivity index (χ2n) is 9.63. The van der Waals surface area contributed by atoms with Crippen LogP contribution in [0.4, 0.5) is 5.69 Å². The molecule has 9 nitrogen and oxygen atoms in total. The highest BCUT2D eigenvalue weighted by Crippen LogP contribution is 2.41. The van der Waals surface area contributed by atoms with Crippen LogP contribution in [0.5, 0.6) is 0 Å². The van der Waals surface area contributed by atoms with Crippen molar-refractivity contribution in [3.05, 3.63) is 74.8 Å². The number of furan rings is 1. The molecular weight excluding hydrogens is 464 g/mol. The highest BCUT2D eigenvalue weighted by molar-refractivity contribution is 5.99. The number of carbonyl (C=O) groups is 2. The van der Waals surface area contributed by atoms with Crippen LogP contribution in [-0.4, -0.2) is 30.1 Å². The number of non-ortho nitro benzene ring substituents is 1. The Morgan fingerprint density at radius 3 is 2.03 bits per heavy atom. The van der Waals surface area contributed by atoms with Gasteiger partial charge in [0.25, 0.3) is 5.69 Å². The molecule has 2 aromatic rings. The molecule has 1 aliphatic heterocycles. The van der Waals surface area contributed by atoms with E-state index in [1.165, 1.54) is 12.1 Å². The Morgan fingerprint density at radius 2 is 1.53 bits per heavy atom. The van der Waals surface area contributed by atoms with E-state index in [0.717, 1.165) is 0 Å². The molecule has 1 aliphatic rings. The first-order valence-corrected chi connectivity index (χ1v) is 11.9. The summed E-state index contributed by atoms with van der Waals surface area (Å²) in [6.45, 7) is 11.6. The third kappa shape index (κ3) is 6.02.